The Balaban J connectivity index is 1.37. The smallest absolute Gasteiger partial charge is 0.251 e. The van der Waals surface area contributed by atoms with Crippen molar-refractivity contribution in [2.45, 2.75) is 25.6 Å². The molecule has 0 radical (unpaired) electrons. The van der Waals surface area contributed by atoms with Crippen molar-refractivity contribution < 1.29 is 23.8 Å². The predicted molar refractivity (Wildman–Crippen MR) is 97.5 cm³/mol. The maximum Gasteiger partial charge on any atom is 0.251 e. The summed E-state index contributed by atoms with van der Waals surface area (Å²) in [5, 5.41) is 2.61. The normalized spacial score (nSPS) is 13.6. The molecule has 7 heteroatoms. The Morgan fingerprint density at radius 2 is 1.78 bits per heavy atom. The van der Waals surface area contributed by atoms with Crippen molar-refractivity contribution in [3.8, 4) is 5.75 Å². The van der Waals surface area contributed by atoms with Gasteiger partial charge in [-0.15, -0.1) is 0 Å². The topological polar surface area (TPSA) is 86.8 Å². The molecule has 1 aliphatic heterocycles. The summed E-state index contributed by atoms with van der Waals surface area (Å²) in [5.41, 5.74) is 0.994. The molecule has 1 N–H and O–H groups in total. The number of hydrogen-bond acceptors (Lipinski definition) is 6. The van der Waals surface area contributed by atoms with Crippen molar-refractivity contribution in [3.63, 3.8) is 0 Å². The summed E-state index contributed by atoms with van der Waals surface area (Å²) in [6.07, 6.45) is 5.77. The van der Waals surface area contributed by atoms with Crippen LogP contribution in [0.3, 0.4) is 0 Å². The summed E-state index contributed by atoms with van der Waals surface area (Å²) < 4.78 is 16.0. The van der Waals surface area contributed by atoms with Crippen molar-refractivity contribution in [3.05, 3.63) is 59.9 Å². The van der Waals surface area contributed by atoms with Crippen LogP contribution in [0.15, 0.2) is 48.8 Å². The van der Waals surface area contributed by atoms with Gasteiger partial charge in [0.15, 0.2) is 18.9 Å². The van der Waals surface area contributed by atoms with Gasteiger partial charge in [0.2, 0.25) is 0 Å². The van der Waals surface area contributed by atoms with Crippen LogP contribution in [0.5, 0.6) is 5.75 Å². The first-order valence-electron chi connectivity index (χ1n) is 8.90. The maximum absolute atomic E-state index is 12.2. The van der Waals surface area contributed by atoms with E-state index in [0.717, 1.165) is 19.3 Å². The van der Waals surface area contributed by atoms with E-state index in [-0.39, 0.29) is 24.5 Å². The average Bonchev–Trinajstić information content (AvgIpc) is 2.68. The number of carbonyl (C=O) groups is 2. The number of unbranched alkanes of at least 4 members (excludes halogenated alkanes) is 1. The van der Waals surface area contributed by atoms with E-state index >= 15 is 0 Å². The maximum atomic E-state index is 12.2. The van der Waals surface area contributed by atoms with Gasteiger partial charge in [-0.05, 0) is 55.7 Å². The molecule has 0 bridgehead atoms. The van der Waals surface area contributed by atoms with Crippen molar-refractivity contribution in [1.82, 2.24) is 10.3 Å². The summed E-state index contributed by atoms with van der Waals surface area (Å²) in [6.45, 7) is 0.939. The first-order valence-corrected chi connectivity index (χ1v) is 8.90. The standard InChI is InChI=1S/C20H22N2O5/c23-18(13-22-20(24)16-8-10-21-11-9-16)15-4-6-17(7-5-15)25-12-2-1-3-19-26-14-27-19/h4-11,19H,1-3,12-14H2,(H,22,24). The van der Waals surface area contributed by atoms with E-state index in [1.807, 2.05) is 0 Å². The van der Waals surface area contributed by atoms with E-state index in [1.54, 1.807) is 36.4 Å². The largest absolute Gasteiger partial charge is 0.494 e. The fourth-order valence-electron chi connectivity index (χ4n) is 2.54. The molecule has 1 amide bonds. The Morgan fingerprint density at radius 3 is 2.44 bits per heavy atom. The van der Waals surface area contributed by atoms with Gasteiger partial charge in [-0.1, -0.05) is 0 Å². The lowest BCUT2D eigenvalue weighted by Crippen LogP contribution is -2.30. The number of rotatable bonds is 10. The van der Waals surface area contributed by atoms with Crippen molar-refractivity contribution >= 4 is 11.7 Å². The minimum atomic E-state index is -0.302. The first-order chi connectivity index (χ1) is 13.2. The van der Waals surface area contributed by atoms with Gasteiger partial charge in [0.05, 0.1) is 13.2 Å². The van der Waals surface area contributed by atoms with E-state index in [2.05, 4.69) is 10.3 Å². The van der Waals surface area contributed by atoms with Gasteiger partial charge in [-0.25, -0.2) is 0 Å². The number of aromatic nitrogens is 1. The molecule has 0 atom stereocenters. The minimum absolute atomic E-state index is 0.0469. The van der Waals surface area contributed by atoms with Gasteiger partial charge in [0, 0.05) is 23.5 Å². The van der Waals surface area contributed by atoms with Crippen LogP contribution in [0.4, 0.5) is 0 Å². The quantitative estimate of drug-likeness (QED) is 0.511. The number of benzene rings is 1. The fraction of sp³-hybridized carbons (Fsp3) is 0.350. The number of nitrogens with one attached hydrogen (secondary N) is 1. The summed E-state index contributed by atoms with van der Waals surface area (Å²) >= 11 is 0. The van der Waals surface area contributed by atoms with Gasteiger partial charge >= 0.3 is 0 Å². The number of hydrogen-bond donors (Lipinski definition) is 1. The molecule has 1 aliphatic rings. The molecule has 142 valence electrons. The molecule has 2 heterocycles. The van der Waals surface area contributed by atoms with Gasteiger partial charge in [-0.2, -0.15) is 0 Å². The summed E-state index contributed by atoms with van der Waals surface area (Å²) in [5.74, 6) is 0.247. The van der Waals surface area contributed by atoms with Crippen LogP contribution in [0, 0.1) is 0 Å². The third-order valence-electron chi connectivity index (χ3n) is 4.14. The average molecular weight is 370 g/mol. The molecule has 3 rings (SSSR count). The molecule has 0 spiro atoms. The Bertz CT molecular complexity index is 745. The van der Waals surface area contributed by atoms with Crippen molar-refractivity contribution in [1.29, 1.82) is 0 Å². The van der Waals surface area contributed by atoms with Gasteiger partial charge in [0.1, 0.15) is 5.75 Å². The molecule has 7 nitrogen and oxygen atoms in total. The highest BCUT2D eigenvalue weighted by atomic mass is 16.8. The van der Waals surface area contributed by atoms with E-state index in [1.165, 1.54) is 12.4 Å². The molecule has 0 saturated carbocycles. The second-order valence-electron chi connectivity index (χ2n) is 6.09. The highest BCUT2D eigenvalue weighted by molar-refractivity contribution is 6.02. The van der Waals surface area contributed by atoms with Crippen molar-refractivity contribution in [2.75, 3.05) is 19.9 Å². The van der Waals surface area contributed by atoms with Crippen molar-refractivity contribution in [2.24, 2.45) is 0 Å². The number of Topliss-reactive ketones (excluding diaryl/α,β-unsaturated/α-hetero) is 1. The Kier molecular flexibility index (Phi) is 6.90. The molecule has 1 fully saturated rings. The van der Waals surface area contributed by atoms with E-state index in [4.69, 9.17) is 14.2 Å². The zero-order valence-corrected chi connectivity index (χ0v) is 14.9. The van der Waals surface area contributed by atoms with Crippen LogP contribution in [-0.2, 0) is 9.47 Å². The Hall–Kier alpha value is -2.77. The van der Waals surface area contributed by atoms with Crippen LogP contribution < -0.4 is 10.1 Å². The second kappa shape index (κ2) is 9.80. The van der Waals surface area contributed by atoms with Crippen LogP contribution in [0.1, 0.15) is 40.0 Å². The predicted octanol–water partition coefficient (Wildman–Crippen LogP) is 2.57. The SMILES string of the molecule is O=C(CNC(=O)c1ccncc1)c1ccc(OCCCCC2OCO2)cc1. The second-order valence-corrected chi connectivity index (χ2v) is 6.09. The third-order valence-corrected chi connectivity index (χ3v) is 4.14. The summed E-state index contributed by atoms with van der Waals surface area (Å²) in [6, 6.07) is 10.1. The molecule has 1 saturated heterocycles. The zero-order chi connectivity index (χ0) is 18.9. The number of ketones is 1. The molecule has 27 heavy (non-hydrogen) atoms. The van der Waals surface area contributed by atoms with Gasteiger partial charge in [-0.3, -0.25) is 14.6 Å². The van der Waals surface area contributed by atoms with Crippen LogP contribution in [-0.4, -0.2) is 42.9 Å². The van der Waals surface area contributed by atoms with Crippen LogP contribution in [0.2, 0.25) is 0 Å². The van der Waals surface area contributed by atoms with Gasteiger partial charge < -0.3 is 19.5 Å². The summed E-state index contributed by atoms with van der Waals surface area (Å²) in [7, 11) is 0. The minimum Gasteiger partial charge on any atom is -0.494 e. The highest BCUT2D eigenvalue weighted by Crippen LogP contribution is 2.16. The van der Waals surface area contributed by atoms with E-state index in [0.29, 0.717) is 30.3 Å². The first kappa shape index (κ1) is 19.0. The van der Waals surface area contributed by atoms with E-state index in [9.17, 15) is 9.59 Å². The lowest BCUT2D eigenvalue weighted by atomic mass is 10.1. The Labute approximate surface area is 157 Å². The highest BCUT2D eigenvalue weighted by Gasteiger charge is 2.17. The number of amides is 1. The third kappa shape index (κ3) is 5.87. The van der Waals surface area contributed by atoms with Crippen LogP contribution >= 0.6 is 0 Å². The lowest BCUT2D eigenvalue weighted by Gasteiger charge is -2.26. The molecule has 1 aromatic heterocycles. The Morgan fingerprint density at radius 1 is 1.04 bits per heavy atom. The fourth-order valence-corrected chi connectivity index (χ4v) is 2.54. The number of ether oxygens (including phenoxy) is 3. The molecule has 0 aliphatic carbocycles. The summed E-state index contributed by atoms with van der Waals surface area (Å²) in [4.78, 5) is 28.0. The number of nitrogens with zero attached hydrogens (tertiary/aromatic N) is 1. The number of carbonyl (C=O) groups excluding carboxylic acids is 2. The molecule has 1 aromatic carbocycles. The van der Waals surface area contributed by atoms with Gasteiger partial charge in [0.25, 0.3) is 5.91 Å². The molecule has 2 aromatic rings. The lowest BCUT2D eigenvalue weighted by molar-refractivity contribution is -0.322. The van der Waals surface area contributed by atoms with E-state index < -0.39 is 0 Å². The number of pyridine rings is 1. The molecular weight excluding hydrogens is 348 g/mol. The molecule has 0 unspecified atom stereocenters. The molecular formula is C20H22N2O5. The monoisotopic (exact) mass is 370 g/mol. The van der Waals surface area contributed by atoms with Crippen LogP contribution in [0.25, 0.3) is 0 Å². The zero-order valence-electron chi connectivity index (χ0n) is 14.9.